The van der Waals surface area contributed by atoms with E-state index in [4.69, 9.17) is 4.74 Å². The van der Waals surface area contributed by atoms with Crippen LogP contribution in [0, 0.1) is 0 Å². The molecule has 33 heavy (non-hydrogen) atoms. The molecule has 1 fully saturated rings. The van der Waals surface area contributed by atoms with Crippen molar-refractivity contribution in [3.05, 3.63) is 75.3 Å². The van der Waals surface area contributed by atoms with E-state index in [0.29, 0.717) is 11.3 Å². The van der Waals surface area contributed by atoms with Crippen LogP contribution >= 0.6 is 15.9 Å². The third-order valence-electron chi connectivity index (χ3n) is 6.22. The topological polar surface area (TPSA) is 60.2 Å². The van der Waals surface area contributed by atoms with Gasteiger partial charge in [-0.2, -0.15) is 13.2 Å². The van der Waals surface area contributed by atoms with Gasteiger partial charge in [0, 0.05) is 22.8 Å². The van der Waals surface area contributed by atoms with Gasteiger partial charge in [0.25, 0.3) is 5.91 Å². The molecule has 0 N–H and O–H groups in total. The van der Waals surface area contributed by atoms with Crippen molar-refractivity contribution in [2.45, 2.75) is 24.3 Å². The molecule has 2 aromatic carbocycles. The van der Waals surface area contributed by atoms with Crippen LogP contribution in [0.15, 0.2) is 47.2 Å². The highest BCUT2D eigenvalue weighted by Gasteiger charge is 2.51. The molecule has 1 aromatic heterocycles. The Hall–Kier alpha value is -2.79. The van der Waals surface area contributed by atoms with Crippen molar-refractivity contribution >= 4 is 27.5 Å². The number of hydrogen-bond donors (Lipinski definition) is 0. The highest BCUT2D eigenvalue weighted by molar-refractivity contribution is 9.10. The molecule has 1 saturated heterocycles. The molecule has 0 bridgehead atoms. The number of hydrogen-bond acceptors (Lipinski definition) is 4. The smallest absolute Gasteiger partial charge is 0.379 e. The number of anilines is 1. The summed E-state index contributed by atoms with van der Waals surface area (Å²) in [7, 11) is 1.64. The first-order valence-electron chi connectivity index (χ1n) is 9.99. The summed E-state index contributed by atoms with van der Waals surface area (Å²) in [5.74, 6) is -0.397. The minimum absolute atomic E-state index is 0.00810. The maximum Gasteiger partial charge on any atom is 0.416 e. The van der Waals surface area contributed by atoms with Gasteiger partial charge in [0.15, 0.2) is 12.0 Å². The lowest BCUT2D eigenvalue weighted by atomic mass is 9.74. The third kappa shape index (κ3) is 3.45. The number of carbonyl (C=O) groups is 1. The summed E-state index contributed by atoms with van der Waals surface area (Å²) in [6.07, 6.45) is -4.72. The number of benzene rings is 2. The minimum atomic E-state index is -4.60. The Morgan fingerprint density at radius 3 is 2.58 bits per heavy atom. The van der Waals surface area contributed by atoms with Gasteiger partial charge < -0.3 is 14.2 Å². The molecule has 0 saturated carbocycles. The largest absolute Gasteiger partial charge is 0.416 e. The Bertz CT molecular complexity index is 1260. The van der Waals surface area contributed by atoms with Crippen molar-refractivity contribution < 1.29 is 27.1 Å². The molecule has 2 aliphatic heterocycles. The normalized spacial score (nSPS) is 18.2. The molecule has 1 unspecified atom stereocenters. The van der Waals surface area contributed by atoms with Gasteiger partial charge in [-0.1, -0.05) is 28.1 Å². The van der Waals surface area contributed by atoms with Gasteiger partial charge in [-0.3, -0.25) is 4.79 Å². The zero-order chi connectivity index (χ0) is 23.5. The van der Waals surface area contributed by atoms with E-state index in [1.165, 1.54) is 21.9 Å². The van der Waals surface area contributed by atoms with Crippen molar-refractivity contribution in [3.8, 4) is 0 Å². The fraction of sp³-hybridized carbons (Fsp3) is 0.318. The molecule has 0 radical (unpaired) electrons. The monoisotopic (exact) mass is 524 g/mol. The van der Waals surface area contributed by atoms with E-state index in [1.807, 2.05) is 0 Å². The van der Waals surface area contributed by atoms with Gasteiger partial charge in [0.2, 0.25) is 0 Å². The molecule has 0 spiro atoms. The Labute approximate surface area is 194 Å². The Kier molecular flexibility index (Phi) is 5.09. The van der Waals surface area contributed by atoms with Crippen molar-refractivity contribution in [3.63, 3.8) is 0 Å². The predicted molar refractivity (Wildman–Crippen MR) is 113 cm³/mol. The van der Waals surface area contributed by atoms with E-state index < -0.39 is 29.2 Å². The first-order chi connectivity index (χ1) is 15.6. The Morgan fingerprint density at radius 1 is 1.21 bits per heavy atom. The predicted octanol–water partition coefficient (Wildman–Crippen LogP) is 4.74. The highest BCUT2D eigenvalue weighted by atomic mass is 79.9. The van der Waals surface area contributed by atoms with Crippen LogP contribution in [0.2, 0.25) is 0 Å². The second-order valence-electron chi connectivity index (χ2n) is 8.23. The van der Waals surface area contributed by atoms with Crippen LogP contribution in [-0.2, 0) is 29.9 Å². The number of rotatable bonds is 4. The lowest BCUT2D eigenvalue weighted by molar-refractivity contribution is -0.138. The Morgan fingerprint density at radius 2 is 1.97 bits per heavy atom. The number of aryl methyl sites for hydroxylation is 1. The van der Waals surface area contributed by atoms with Gasteiger partial charge in [0.05, 0.1) is 30.7 Å². The molecular weight excluding hydrogens is 508 g/mol. The number of halogens is 5. The van der Waals surface area contributed by atoms with E-state index in [9.17, 15) is 18.0 Å². The van der Waals surface area contributed by atoms with E-state index in [2.05, 4.69) is 26.1 Å². The molecule has 5 rings (SSSR count). The molecule has 6 nitrogen and oxygen atoms in total. The lowest BCUT2D eigenvalue weighted by Crippen LogP contribution is -2.50. The molecule has 3 heterocycles. The van der Waals surface area contributed by atoms with Crippen molar-refractivity contribution in [1.29, 1.82) is 0 Å². The molecule has 0 aliphatic carbocycles. The number of nitrogens with zero attached hydrogens (tertiary/aromatic N) is 4. The maximum absolute atomic E-state index is 15.6. The zero-order valence-corrected chi connectivity index (χ0v) is 18.8. The van der Waals surface area contributed by atoms with Crippen molar-refractivity contribution in [2.24, 2.45) is 7.05 Å². The average molecular weight is 525 g/mol. The Balaban J connectivity index is 1.53. The highest BCUT2D eigenvalue weighted by Crippen LogP contribution is 2.47. The molecule has 2 aliphatic rings. The van der Waals surface area contributed by atoms with Crippen LogP contribution in [0.25, 0.3) is 0 Å². The van der Waals surface area contributed by atoms with Gasteiger partial charge >= 0.3 is 6.18 Å². The van der Waals surface area contributed by atoms with Gasteiger partial charge in [-0.05, 0) is 35.4 Å². The fourth-order valence-electron chi connectivity index (χ4n) is 4.37. The quantitative estimate of drug-likeness (QED) is 0.462. The average Bonchev–Trinajstić information content (AvgIpc) is 3.29. The third-order valence-corrected chi connectivity index (χ3v) is 6.68. The molecule has 1 amide bonds. The first kappa shape index (κ1) is 22.0. The molecular formula is C22H17BrF4N4O2. The lowest BCUT2D eigenvalue weighted by Gasteiger charge is -2.43. The first-order valence-corrected chi connectivity index (χ1v) is 10.8. The van der Waals surface area contributed by atoms with Crippen LogP contribution in [0.1, 0.15) is 39.0 Å². The van der Waals surface area contributed by atoms with Crippen LogP contribution in [0.4, 0.5) is 23.2 Å². The number of alkyl halides is 4. The summed E-state index contributed by atoms with van der Waals surface area (Å²) in [5.41, 5.74) is -1.02. The number of carbonyl (C=O) groups excluding carboxylic acids is 1. The van der Waals surface area contributed by atoms with Crippen LogP contribution in [0.5, 0.6) is 0 Å². The standard InChI is InChI=1S/C22H17BrF4N4O2/c1-30-11-28-29-19(30)18(24)21(9-33-10-21)12-3-2-4-14(5-12)31-8-16-15(20(31)32)6-13(23)7-17(16)22(25,26)27/h2-7,11,18H,8-10H2,1H3. The molecule has 172 valence electrons. The summed E-state index contributed by atoms with van der Waals surface area (Å²) < 4.78 is 63.4. The van der Waals surface area contributed by atoms with Crippen molar-refractivity contribution in [1.82, 2.24) is 14.8 Å². The van der Waals surface area contributed by atoms with E-state index in [1.54, 1.807) is 31.3 Å². The van der Waals surface area contributed by atoms with E-state index in [0.717, 1.165) is 6.07 Å². The summed E-state index contributed by atoms with van der Waals surface area (Å²) >= 11 is 3.07. The maximum atomic E-state index is 15.6. The van der Waals surface area contributed by atoms with E-state index >= 15 is 4.39 Å². The second kappa shape index (κ2) is 7.63. The van der Waals surface area contributed by atoms with Crippen molar-refractivity contribution in [2.75, 3.05) is 18.1 Å². The minimum Gasteiger partial charge on any atom is -0.379 e. The van der Waals surface area contributed by atoms with Gasteiger partial charge in [0.1, 0.15) is 6.33 Å². The summed E-state index contributed by atoms with van der Waals surface area (Å²) in [6.45, 7) is -0.0285. The van der Waals surface area contributed by atoms with Crippen LogP contribution in [0.3, 0.4) is 0 Å². The zero-order valence-electron chi connectivity index (χ0n) is 17.2. The summed E-state index contributed by atoms with van der Waals surface area (Å²) in [4.78, 5) is 14.3. The molecule has 3 aromatic rings. The summed E-state index contributed by atoms with van der Waals surface area (Å²) in [6, 6.07) is 9.01. The number of fused-ring (bicyclic) bond motifs is 1. The van der Waals surface area contributed by atoms with Gasteiger partial charge in [-0.15, -0.1) is 10.2 Å². The van der Waals surface area contributed by atoms with Gasteiger partial charge in [-0.25, -0.2) is 4.39 Å². The number of amides is 1. The summed E-state index contributed by atoms with van der Waals surface area (Å²) in [5, 5.41) is 7.62. The van der Waals surface area contributed by atoms with Crippen LogP contribution in [-0.4, -0.2) is 33.9 Å². The number of ether oxygens (including phenoxy) is 1. The second-order valence-corrected chi connectivity index (χ2v) is 9.15. The number of aromatic nitrogens is 3. The fourth-order valence-corrected chi connectivity index (χ4v) is 4.83. The van der Waals surface area contributed by atoms with E-state index in [-0.39, 0.29) is 41.2 Å². The SMILES string of the molecule is Cn1cnnc1C(F)C1(c2cccc(N3Cc4c(cc(Br)cc4C(F)(F)F)C3=O)c2)COC1. The van der Waals surface area contributed by atoms with Crippen LogP contribution < -0.4 is 4.90 Å². The molecule has 1 atom stereocenters. The molecule has 11 heteroatoms.